The fourth-order valence-electron chi connectivity index (χ4n) is 2.22. The molecule has 0 aliphatic heterocycles. The molecule has 0 unspecified atom stereocenters. The lowest BCUT2D eigenvalue weighted by Crippen LogP contribution is -2.15. The molecule has 0 spiro atoms. The Morgan fingerprint density at radius 3 is 2.50 bits per heavy atom. The first kappa shape index (κ1) is 11.7. The van der Waals surface area contributed by atoms with E-state index in [1.54, 1.807) is 12.1 Å². The van der Waals surface area contributed by atoms with Crippen LogP contribution >= 0.6 is 11.6 Å². The van der Waals surface area contributed by atoms with Gasteiger partial charge in [-0.1, -0.05) is 6.42 Å². The molecule has 0 amide bonds. The third-order valence-corrected chi connectivity index (χ3v) is 3.67. The lowest BCUT2D eigenvalue weighted by atomic mass is 9.85. The van der Waals surface area contributed by atoms with Gasteiger partial charge in [0.05, 0.1) is 5.88 Å². The first-order valence-corrected chi connectivity index (χ1v) is 6.59. The molecular weight excluding hydrogens is 253 g/mol. The van der Waals surface area contributed by atoms with E-state index in [-0.39, 0.29) is 5.82 Å². The SMILES string of the molecule is Fc1ccc(-n2c(CCl)nnc2C2CCC2)cc1. The molecule has 1 aromatic carbocycles. The molecule has 0 N–H and O–H groups in total. The van der Waals surface area contributed by atoms with Gasteiger partial charge in [-0.05, 0) is 37.1 Å². The number of halogens is 2. The van der Waals surface area contributed by atoms with Gasteiger partial charge in [-0.3, -0.25) is 4.57 Å². The summed E-state index contributed by atoms with van der Waals surface area (Å²) in [4.78, 5) is 0. The van der Waals surface area contributed by atoms with Crippen molar-refractivity contribution in [2.45, 2.75) is 31.1 Å². The van der Waals surface area contributed by atoms with Crippen LogP contribution in [0, 0.1) is 5.82 Å². The highest BCUT2D eigenvalue weighted by atomic mass is 35.5. The lowest BCUT2D eigenvalue weighted by molar-refractivity contribution is 0.396. The lowest BCUT2D eigenvalue weighted by Gasteiger charge is -2.25. The van der Waals surface area contributed by atoms with Gasteiger partial charge in [0.15, 0.2) is 5.82 Å². The predicted octanol–water partition coefficient (Wildman–Crippen LogP) is 3.41. The van der Waals surface area contributed by atoms with Crippen LogP contribution in [0.5, 0.6) is 0 Å². The first-order chi connectivity index (χ1) is 8.79. The summed E-state index contributed by atoms with van der Waals surface area (Å²) < 4.78 is 14.9. The summed E-state index contributed by atoms with van der Waals surface area (Å²) in [6, 6.07) is 6.35. The van der Waals surface area contributed by atoms with E-state index in [1.807, 2.05) is 4.57 Å². The zero-order chi connectivity index (χ0) is 12.5. The second kappa shape index (κ2) is 4.69. The Hall–Kier alpha value is -1.42. The molecule has 3 rings (SSSR count). The van der Waals surface area contributed by atoms with E-state index in [1.165, 1.54) is 18.6 Å². The summed E-state index contributed by atoms with van der Waals surface area (Å²) in [6.45, 7) is 0. The average Bonchev–Trinajstić information content (AvgIpc) is 2.72. The number of alkyl halides is 1. The zero-order valence-corrected chi connectivity index (χ0v) is 10.6. The van der Waals surface area contributed by atoms with Crippen molar-refractivity contribution in [2.24, 2.45) is 0 Å². The standard InChI is InChI=1S/C13H13ClFN3/c14-8-12-16-17-13(9-2-1-3-9)18(12)11-6-4-10(15)5-7-11/h4-7,9H,1-3,8H2. The van der Waals surface area contributed by atoms with Gasteiger partial charge < -0.3 is 0 Å². The number of rotatable bonds is 3. The number of aromatic nitrogens is 3. The number of hydrogen-bond acceptors (Lipinski definition) is 2. The van der Waals surface area contributed by atoms with Crippen molar-refractivity contribution in [2.75, 3.05) is 0 Å². The molecule has 94 valence electrons. The van der Waals surface area contributed by atoms with Crippen molar-refractivity contribution in [1.82, 2.24) is 14.8 Å². The Morgan fingerprint density at radius 1 is 1.22 bits per heavy atom. The Morgan fingerprint density at radius 2 is 1.94 bits per heavy atom. The maximum Gasteiger partial charge on any atom is 0.152 e. The molecule has 3 nitrogen and oxygen atoms in total. The second-order valence-corrected chi connectivity index (χ2v) is 4.81. The summed E-state index contributed by atoms with van der Waals surface area (Å²) >= 11 is 5.90. The molecule has 5 heteroatoms. The van der Waals surface area contributed by atoms with Crippen molar-refractivity contribution >= 4 is 11.6 Å². The van der Waals surface area contributed by atoms with Gasteiger partial charge in [-0.25, -0.2) is 4.39 Å². The van der Waals surface area contributed by atoms with Gasteiger partial charge in [0.25, 0.3) is 0 Å². The summed E-state index contributed by atoms with van der Waals surface area (Å²) in [6.07, 6.45) is 3.51. The van der Waals surface area contributed by atoms with Gasteiger partial charge in [-0.15, -0.1) is 21.8 Å². The highest BCUT2D eigenvalue weighted by Crippen LogP contribution is 2.36. The maximum absolute atomic E-state index is 13.0. The van der Waals surface area contributed by atoms with E-state index in [9.17, 15) is 4.39 Å². The summed E-state index contributed by atoms with van der Waals surface area (Å²) in [5.41, 5.74) is 0.874. The predicted molar refractivity (Wildman–Crippen MR) is 67.5 cm³/mol. The zero-order valence-electron chi connectivity index (χ0n) is 9.81. The fraction of sp³-hybridized carbons (Fsp3) is 0.385. The molecule has 0 radical (unpaired) electrons. The normalized spacial score (nSPS) is 15.7. The Kier molecular flexibility index (Phi) is 3.04. The Balaban J connectivity index is 2.07. The third kappa shape index (κ3) is 1.90. The smallest absolute Gasteiger partial charge is 0.152 e. The van der Waals surface area contributed by atoms with Crippen molar-refractivity contribution in [3.05, 3.63) is 41.7 Å². The molecule has 1 saturated carbocycles. The van der Waals surface area contributed by atoms with Crippen molar-refractivity contribution in [3.63, 3.8) is 0 Å². The molecule has 18 heavy (non-hydrogen) atoms. The highest BCUT2D eigenvalue weighted by Gasteiger charge is 2.26. The Labute approximate surface area is 110 Å². The van der Waals surface area contributed by atoms with Gasteiger partial charge in [-0.2, -0.15) is 0 Å². The quantitative estimate of drug-likeness (QED) is 0.796. The molecule has 2 aromatic rings. The van der Waals surface area contributed by atoms with E-state index in [2.05, 4.69) is 10.2 Å². The summed E-state index contributed by atoms with van der Waals surface area (Å²) in [7, 11) is 0. The van der Waals surface area contributed by atoms with E-state index < -0.39 is 0 Å². The molecule has 1 aromatic heterocycles. The molecule has 1 aliphatic rings. The summed E-state index contributed by atoms with van der Waals surface area (Å²) in [5.74, 6) is 2.18. The minimum absolute atomic E-state index is 0.246. The van der Waals surface area contributed by atoms with E-state index in [4.69, 9.17) is 11.6 Å². The van der Waals surface area contributed by atoms with Crippen LogP contribution < -0.4 is 0 Å². The maximum atomic E-state index is 13.0. The van der Waals surface area contributed by atoms with Crippen LogP contribution in [0.25, 0.3) is 5.69 Å². The van der Waals surface area contributed by atoms with E-state index in [0.717, 1.165) is 24.4 Å². The van der Waals surface area contributed by atoms with Gasteiger partial charge in [0.1, 0.15) is 11.6 Å². The van der Waals surface area contributed by atoms with Gasteiger partial charge in [0.2, 0.25) is 0 Å². The Bertz CT molecular complexity index is 546. The fourth-order valence-corrected chi connectivity index (χ4v) is 2.39. The third-order valence-electron chi connectivity index (χ3n) is 3.43. The van der Waals surface area contributed by atoms with Crippen molar-refractivity contribution in [1.29, 1.82) is 0 Å². The van der Waals surface area contributed by atoms with Crippen molar-refractivity contribution in [3.8, 4) is 5.69 Å². The molecule has 1 aliphatic carbocycles. The monoisotopic (exact) mass is 265 g/mol. The van der Waals surface area contributed by atoms with Crippen LogP contribution in [-0.4, -0.2) is 14.8 Å². The molecule has 0 atom stereocenters. The highest BCUT2D eigenvalue weighted by molar-refractivity contribution is 6.16. The van der Waals surface area contributed by atoms with Gasteiger partial charge >= 0.3 is 0 Å². The number of hydrogen-bond donors (Lipinski definition) is 0. The molecule has 1 heterocycles. The van der Waals surface area contributed by atoms with Crippen LogP contribution in [-0.2, 0) is 5.88 Å². The molecule has 0 saturated heterocycles. The second-order valence-electron chi connectivity index (χ2n) is 4.55. The van der Waals surface area contributed by atoms with Crippen LogP contribution in [0.2, 0.25) is 0 Å². The van der Waals surface area contributed by atoms with Gasteiger partial charge in [0, 0.05) is 11.6 Å². The van der Waals surface area contributed by atoms with Crippen molar-refractivity contribution < 1.29 is 4.39 Å². The average molecular weight is 266 g/mol. The summed E-state index contributed by atoms with van der Waals surface area (Å²) in [5, 5.41) is 8.37. The largest absolute Gasteiger partial charge is 0.282 e. The minimum atomic E-state index is -0.246. The molecule has 1 fully saturated rings. The first-order valence-electron chi connectivity index (χ1n) is 6.05. The van der Waals surface area contributed by atoms with Crippen LogP contribution in [0.15, 0.2) is 24.3 Å². The number of nitrogens with zero attached hydrogens (tertiary/aromatic N) is 3. The van der Waals surface area contributed by atoms with Crippen LogP contribution in [0.3, 0.4) is 0 Å². The van der Waals surface area contributed by atoms with E-state index >= 15 is 0 Å². The van der Waals surface area contributed by atoms with Crippen LogP contribution in [0.4, 0.5) is 4.39 Å². The number of benzene rings is 1. The van der Waals surface area contributed by atoms with Crippen LogP contribution in [0.1, 0.15) is 36.8 Å². The minimum Gasteiger partial charge on any atom is -0.282 e. The van der Waals surface area contributed by atoms with E-state index in [0.29, 0.717) is 17.6 Å². The molecule has 0 bridgehead atoms. The molecular formula is C13H13ClFN3. The topological polar surface area (TPSA) is 30.7 Å².